The fourth-order valence-electron chi connectivity index (χ4n) is 4.64. The summed E-state index contributed by atoms with van der Waals surface area (Å²) < 4.78 is 60.5. The third-order valence-electron chi connectivity index (χ3n) is 6.38. The second-order valence-electron chi connectivity index (χ2n) is 9.01. The molecule has 0 spiro atoms. The van der Waals surface area contributed by atoms with Gasteiger partial charge in [0.15, 0.2) is 19.7 Å². The molecule has 1 aliphatic carbocycles. The van der Waals surface area contributed by atoms with E-state index in [0.717, 1.165) is 74.2 Å². The van der Waals surface area contributed by atoms with E-state index in [1.807, 2.05) is 36.4 Å². The molecule has 0 saturated heterocycles. The van der Waals surface area contributed by atoms with Crippen molar-refractivity contribution in [1.29, 1.82) is 0 Å². The van der Waals surface area contributed by atoms with Gasteiger partial charge in [0.2, 0.25) is 0 Å². The fraction of sp³-hybridized carbons (Fsp3) is 0.143. The zero-order chi connectivity index (χ0) is 28.7. The van der Waals surface area contributed by atoms with Gasteiger partial charge in [0.25, 0.3) is 0 Å². The second-order valence-corrected chi connectivity index (χ2v) is 14.6. The van der Waals surface area contributed by atoms with E-state index in [9.17, 15) is 16.8 Å². The van der Waals surface area contributed by atoms with Crippen LogP contribution < -0.4 is 0 Å². The Morgan fingerprint density at radius 1 is 0.475 bits per heavy atom. The Bertz CT molecular complexity index is 1760. The zero-order valence-corrected chi connectivity index (χ0v) is 25.1. The summed E-state index contributed by atoms with van der Waals surface area (Å²) in [6, 6.07) is 21.4. The lowest BCUT2D eigenvalue weighted by Gasteiger charge is -2.24. The number of benzene rings is 4. The zero-order valence-electron chi connectivity index (χ0n) is 21.8. The minimum Gasteiger partial charge on any atom is -0.227 e. The SMILES string of the molecule is COOSc1ccc2c(c1)-c1ccc(S(C)(=O)=O)cc1-c1ccc(S(C)(=O)=O)cc1-c1ccc(SOOC)cc1-2. The van der Waals surface area contributed by atoms with Crippen LogP contribution in [-0.2, 0) is 38.1 Å². The van der Waals surface area contributed by atoms with Crippen molar-refractivity contribution < 1.29 is 35.3 Å². The highest BCUT2D eigenvalue weighted by atomic mass is 32.2. The molecule has 0 saturated carbocycles. The molecule has 4 aromatic carbocycles. The van der Waals surface area contributed by atoms with Crippen molar-refractivity contribution in [3.05, 3.63) is 72.8 Å². The smallest absolute Gasteiger partial charge is 0.175 e. The second kappa shape index (κ2) is 11.3. The van der Waals surface area contributed by atoms with E-state index in [-0.39, 0.29) is 9.79 Å². The van der Waals surface area contributed by atoms with E-state index in [1.54, 1.807) is 36.4 Å². The number of sulfone groups is 2. The van der Waals surface area contributed by atoms with Crippen molar-refractivity contribution in [2.75, 3.05) is 26.7 Å². The van der Waals surface area contributed by atoms with E-state index in [2.05, 4.69) is 0 Å². The molecular weight excluding hydrogens is 593 g/mol. The molecule has 4 aromatic rings. The van der Waals surface area contributed by atoms with Gasteiger partial charge in [0.1, 0.15) is 0 Å². The van der Waals surface area contributed by atoms with Gasteiger partial charge in [-0.1, -0.05) is 24.3 Å². The van der Waals surface area contributed by atoms with Crippen LogP contribution in [0.2, 0.25) is 0 Å². The third kappa shape index (κ3) is 5.71. The summed E-state index contributed by atoms with van der Waals surface area (Å²) >= 11 is 2.10. The van der Waals surface area contributed by atoms with Crippen LogP contribution in [0.4, 0.5) is 0 Å². The van der Waals surface area contributed by atoms with Crippen LogP contribution in [0.5, 0.6) is 0 Å². The first-order valence-electron chi connectivity index (χ1n) is 11.7. The van der Waals surface area contributed by atoms with Gasteiger partial charge in [-0.25, -0.2) is 26.6 Å². The number of hydrogen-bond donors (Lipinski definition) is 0. The van der Waals surface area contributed by atoms with Crippen molar-refractivity contribution >= 4 is 43.8 Å². The maximum Gasteiger partial charge on any atom is 0.175 e. The Kier molecular flexibility index (Phi) is 8.15. The molecule has 0 fully saturated rings. The van der Waals surface area contributed by atoms with Crippen LogP contribution in [-0.4, -0.2) is 43.6 Å². The van der Waals surface area contributed by atoms with Crippen LogP contribution in [0.1, 0.15) is 0 Å². The van der Waals surface area contributed by atoms with Crippen molar-refractivity contribution in [1.82, 2.24) is 0 Å². The third-order valence-corrected chi connectivity index (χ3v) is 9.90. The molecule has 12 heteroatoms. The first kappa shape index (κ1) is 28.8. The van der Waals surface area contributed by atoms with E-state index < -0.39 is 19.7 Å². The van der Waals surface area contributed by atoms with Gasteiger partial charge in [0, 0.05) is 22.3 Å². The molecule has 0 heterocycles. The lowest BCUT2D eigenvalue weighted by Crippen LogP contribution is -2.03. The Balaban J connectivity index is 1.91. The predicted octanol–water partition coefficient (Wildman–Crippen LogP) is 6.65. The quantitative estimate of drug-likeness (QED) is 0.107. The Morgan fingerprint density at radius 3 is 1.12 bits per heavy atom. The van der Waals surface area contributed by atoms with Crippen molar-refractivity contribution in [2.45, 2.75) is 19.6 Å². The van der Waals surface area contributed by atoms with Crippen LogP contribution >= 0.6 is 24.1 Å². The van der Waals surface area contributed by atoms with Crippen molar-refractivity contribution in [3.63, 3.8) is 0 Å². The molecular formula is C28H24O8S4. The average Bonchev–Trinajstić information content (AvgIpc) is 2.92. The van der Waals surface area contributed by atoms with E-state index >= 15 is 0 Å². The maximum absolute atomic E-state index is 12.6. The Labute approximate surface area is 241 Å². The summed E-state index contributed by atoms with van der Waals surface area (Å²) in [5.41, 5.74) is 6.05. The van der Waals surface area contributed by atoms with Gasteiger partial charge in [-0.05, 0) is 93.0 Å². The van der Waals surface area contributed by atoms with Crippen LogP contribution in [0, 0.1) is 0 Å². The fourth-order valence-corrected chi connectivity index (χ4v) is 6.80. The molecule has 0 amide bonds. The molecule has 0 bridgehead atoms. The van der Waals surface area contributed by atoms with Gasteiger partial charge < -0.3 is 0 Å². The molecule has 8 nitrogen and oxygen atoms in total. The molecule has 40 heavy (non-hydrogen) atoms. The summed E-state index contributed by atoms with van der Waals surface area (Å²) in [5.74, 6) is 0. The predicted molar refractivity (Wildman–Crippen MR) is 156 cm³/mol. The van der Waals surface area contributed by atoms with E-state index in [1.165, 1.54) is 14.2 Å². The standard InChI is InChI=1S/C28H24O8S4/c1-33-35-37-17-5-9-21-25-13-18(38-36-34-2)6-10-22(25)27-15-20(40(4,31)32)8-12-24(27)28-16-19(39(3,29)30)7-11-23(28)26(21)14-17/h5-16H,1-4H3. The molecule has 0 N–H and O–H groups in total. The normalized spacial score (nSPS) is 12.5. The molecule has 0 aliphatic heterocycles. The average molecular weight is 617 g/mol. The van der Waals surface area contributed by atoms with Crippen LogP contribution in [0.25, 0.3) is 44.5 Å². The van der Waals surface area contributed by atoms with Crippen molar-refractivity contribution in [2.24, 2.45) is 0 Å². The van der Waals surface area contributed by atoms with Crippen LogP contribution in [0.3, 0.4) is 0 Å². The summed E-state index contributed by atoms with van der Waals surface area (Å²) in [5, 5.41) is 0. The highest BCUT2D eigenvalue weighted by Gasteiger charge is 2.25. The number of rotatable bonds is 8. The molecule has 0 unspecified atom stereocenters. The maximum atomic E-state index is 12.6. The molecule has 5 rings (SSSR count). The van der Waals surface area contributed by atoms with E-state index in [4.69, 9.17) is 18.4 Å². The lowest BCUT2D eigenvalue weighted by molar-refractivity contribution is -0.160. The van der Waals surface area contributed by atoms with Crippen LogP contribution in [0.15, 0.2) is 92.4 Å². The molecule has 1 aliphatic rings. The van der Waals surface area contributed by atoms with Gasteiger partial charge in [-0.2, -0.15) is 8.67 Å². The monoisotopic (exact) mass is 616 g/mol. The summed E-state index contributed by atoms with van der Waals surface area (Å²) in [6.45, 7) is 0. The first-order chi connectivity index (χ1) is 19.0. The van der Waals surface area contributed by atoms with E-state index in [0.29, 0.717) is 16.7 Å². The van der Waals surface area contributed by atoms with Gasteiger partial charge >= 0.3 is 0 Å². The van der Waals surface area contributed by atoms with Crippen molar-refractivity contribution in [3.8, 4) is 44.5 Å². The summed E-state index contributed by atoms with van der Waals surface area (Å²) in [7, 11) is -4.22. The number of hydrogen-bond acceptors (Lipinski definition) is 10. The van der Waals surface area contributed by atoms with Gasteiger partial charge in [-0.15, -0.1) is 0 Å². The highest BCUT2D eigenvalue weighted by molar-refractivity contribution is 7.94. The minimum atomic E-state index is -3.53. The first-order valence-corrected chi connectivity index (χ1v) is 17.0. The lowest BCUT2D eigenvalue weighted by atomic mass is 9.81. The molecule has 0 aromatic heterocycles. The topological polar surface area (TPSA) is 105 Å². The number of fused-ring (bicyclic) bond motifs is 8. The minimum absolute atomic E-state index is 0.156. The van der Waals surface area contributed by atoms with Gasteiger partial charge in [0.05, 0.1) is 48.1 Å². The molecule has 208 valence electrons. The Hall–Kier alpha value is -2.68. The largest absolute Gasteiger partial charge is 0.227 e. The van der Waals surface area contributed by atoms with Gasteiger partial charge in [-0.3, -0.25) is 0 Å². The summed E-state index contributed by atoms with van der Waals surface area (Å²) in [6.07, 6.45) is 2.32. The molecule has 0 atom stereocenters. The Morgan fingerprint density at radius 2 is 0.800 bits per heavy atom. The molecule has 0 radical (unpaired) electrons. The highest BCUT2D eigenvalue weighted by Crippen LogP contribution is 2.50. The summed E-state index contributed by atoms with van der Waals surface area (Å²) in [4.78, 5) is 11.4.